The van der Waals surface area contributed by atoms with Crippen molar-refractivity contribution in [3.63, 3.8) is 0 Å². The fraction of sp³-hybridized carbons (Fsp3) is 0.526. The molecule has 2 aliphatic rings. The number of piperidine rings is 1. The fourth-order valence-electron chi connectivity index (χ4n) is 3.49. The molecule has 126 valence electrons. The smallest absolute Gasteiger partial charge is 0.134 e. The highest BCUT2D eigenvalue weighted by molar-refractivity contribution is 5.43. The molecule has 0 aromatic carbocycles. The first-order valence-corrected chi connectivity index (χ1v) is 8.95. The molecule has 2 fully saturated rings. The Bertz CT molecular complexity index is 690. The third-order valence-corrected chi connectivity index (χ3v) is 5.15. The van der Waals surface area contributed by atoms with Gasteiger partial charge in [-0.25, -0.2) is 15.0 Å². The number of anilines is 2. The van der Waals surface area contributed by atoms with E-state index in [9.17, 15) is 0 Å². The highest BCUT2D eigenvalue weighted by Gasteiger charge is 2.29. The van der Waals surface area contributed by atoms with Gasteiger partial charge in [0.15, 0.2) is 0 Å². The average Bonchev–Trinajstić information content (AvgIpc) is 3.47. The van der Waals surface area contributed by atoms with Gasteiger partial charge in [0, 0.05) is 50.1 Å². The van der Waals surface area contributed by atoms with E-state index in [1.54, 1.807) is 0 Å². The molecule has 0 unspecified atom stereocenters. The molecule has 0 radical (unpaired) electrons. The summed E-state index contributed by atoms with van der Waals surface area (Å²) in [6.07, 6.45) is 6.63. The molecule has 1 aliphatic carbocycles. The fourth-order valence-corrected chi connectivity index (χ4v) is 3.49. The van der Waals surface area contributed by atoms with Crippen molar-refractivity contribution in [2.24, 2.45) is 0 Å². The molecule has 5 heteroatoms. The zero-order valence-corrected chi connectivity index (χ0v) is 14.5. The van der Waals surface area contributed by atoms with Gasteiger partial charge in [-0.2, -0.15) is 0 Å². The van der Waals surface area contributed by atoms with Crippen LogP contribution in [0.1, 0.15) is 43.1 Å². The Morgan fingerprint density at radius 1 is 1.08 bits per heavy atom. The van der Waals surface area contributed by atoms with Crippen LogP contribution in [0.4, 0.5) is 11.6 Å². The first kappa shape index (κ1) is 15.4. The van der Waals surface area contributed by atoms with Crippen LogP contribution in [-0.2, 0) is 0 Å². The minimum atomic E-state index is 0.544. The number of pyridine rings is 1. The largest absolute Gasteiger partial charge is 0.357 e. The molecule has 5 nitrogen and oxygen atoms in total. The Kier molecular flexibility index (Phi) is 4.08. The van der Waals surface area contributed by atoms with E-state index in [1.807, 2.05) is 12.3 Å². The molecule has 1 saturated carbocycles. The SMILES string of the molecule is Cc1cc(N2CCC(N(C)c3ccccn3)CC2)nc(C2CC2)n1. The van der Waals surface area contributed by atoms with Gasteiger partial charge in [0.05, 0.1) is 0 Å². The Balaban J connectivity index is 1.43. The zero-order valence-electron chi connectivity index (χ0n) is 14.5. The molecular formula is C19H25N5. The van der Waals surface area contributed by atoms with Crippen LogP contribution in [0.3, 0.4) is 0 Å². The van der Waals surface area contributed by atoms with Crippen molar-refractivity contribution < 1.29 is 0 Å². The second-order valence-electron chi connectivity index (χ2n) is 7.02. The molecule has 0 atom stereocenters. The van der Waals surface area contributed by atoms with E-state index in [1.165, 1.54) is 12.8 Å². The maximum Gasteiger partial charge on any atom is 0.134 e. The minimum absolute atomic E-state index is 0.544. The zero-order chi connectivity index (χ0) is 16.5. The molecule has 1 saturated heterocycles. The molecule has 2 aromatic rings. The van der Waals surface area contributed by atoms with Crippen molar-refractivity contribution >= 4 is 11.6 Å². The first-order chi connectivity index (χ1) is 11.7. The molecule has 0 bridgehead atoms. The highest BCUT2D eigenvalue weighted by atomic mass is 15.2. The Morgan fingerprint density at radius 2 is 1.88 bits per heavy atom. The van der Waals surface area contributed by atoms with Crippen molar-refractivity contribution in [2.45, 2.75) is 44.6 Å². The van der Waals surface area contributed by atoms with Crippen LogP contribution in [0.5, 0.6) is 0 Å². The summed E-state index contributed by atoms with van der Waals surface area (Å²) in [5, 5.41) is 0. The minimum Gasteiger partial charge on any atom is -0.357 e. The molecular weight excluding hydrogens is 298 g/mol. The molecule has 0 N–H and O–H groups in total. The molecule has 1 aliphatic heterocycles. The summed E-state index contributed by atoms with van der Waals surface area (Å²) in [4.78, 5) is 18.7. The summed E-state index contributed by atoms with van der Waals surface area (Å²) < 4.78 is 0. The highest BCUT2D eigenvalue weighted by Crippen LogP contribution is 2.38. The van der Waals surface area contributed by atoms with Gasteiger partial charge in [-0.3, -0.25) is 0 Å². The lowest BCUT2D eigenvalue weighted by molar-refractivity contribution is 0.477. The predicted molar refractivity (Wildman–Crippen MR) is 96.6 cm³/mol. The van der Waals surface area contributed by atoms with E-state index in [0.717, 1.165) is 49.1 Å². The number of rotatable bonds is 4. The van der Waals surface area contributed by atoms with Gasteiger partial charge < -0.3 is 9.80 Å². The average molecular weight is 323 g/mol. The number of aromatic nitrogens is 3. The van der Waals surface area contributed by atoms with E-state index in [2.05, 4.69) is 51.9 Å². The topological polar surface area (TPSA) is 45.2 Å². The number of aryl methyl sites for hydroxylation is 1. The van der Waals surface area contributed by atoms with Crippen molar-refractivity contribution in [3.05, 3.63) is 42.0 Å². The van der Waals surface area contributed by atoms with E-state index in [-0.39, 0.29) is 0 Å². The number of hydrogen-bond donors (Lipinski definition) is 0. The van der Waals surface area contributed by atoms with Crippen LogP contribution < -0.4 is 9.80 Å². The normalized spacial score (nSPS) is 18.7. The second kappa shape index (κ2) is 6.38. The third-order valence-electron chi connectivity index (χ3n) is 5.15. The number of nitrogens with zero attached hydrogens (tertiary/aromatic N) is 5. The van der Waals surface area contributed by atoms with E-state index < -0.39 is 0 Å². The van der Waals surface area contributed by atoms with Crippen LogP contribution >= 0.6 is 0 Å². The predicted octanol–water partition coefficient (Wildman–Crippen LogP) is 3.16. The Morgan fingerprint density at radius 3 is 2.54 bits per heavy atom. The van der Waals surface area contributed by atoms with Crippen LogP contribution in [0, 0.1) is 6.92 Å². The lowest BCUT2D eigenvalue weighted by Gasteiger charge is -2.37. The van der Waals surface area contributed by atoms with Crippen molar-refractivity contribution in [1.82, 2.24) is 15.0 Å². The van der Waals surface area contributed by atoms with E-state index in [4.69, 9.17) is 4.98 Å². The van der Waals surface area contributed by atoms with Crippen LogP contribution in [0.15, 0.2) is 30.5 Å². The van der Waals surface area contributed by atoms with Crippen molar-refractivity contribution in [3.8, 4) is 0 Å². The lowest BCUT2D eigenvalue weighted by atomic mass is 10.0. The standard InChI is InChI=1S/C19H25N5/c1-14-13-18(22-19(21-14)15-6-7-15)24-11-8-16(9-12-24)23(2)17-5-3-4-10-20-17/h3-5,10,13,15-16H,6-9,11-12H2,1-2H3. The Labute approximate surface area is 143 Å². The van der Waals surface area contributed by atoms with Gasteiger partial charge in [0.2, 0.25) is 0 Å². The van der Waals surface area contributed by atoms with Gasteiger partial charge in [0.25, 0.3) is 0 Å². The van der Waals surface area contributed by atoms with Crippen LogP contribution in [-0.4, -0.2) is 41.1 Å². The molecule has 3 heterocycles. The lowest BCUT2D eigenvalue weighted by Crippen LogP contribution is -2.44. The summed E-state index contributed by atoms with van der Waals surface area (Å²) in [5.74, 6) is 3.84. The van der Waals surface area contributed by atoms with E-state index >= 15 is 0 Å². The maximum atomic E-state index is 4.84. The monoisotopic (exact) mass is 323 g/mol. The Hall–Kier alpha value is -2.17. The van der Waals surface area contributed by atoms with E-state index in [0.29, 0.717) is 12.0 Å². The van der Waals surface area contributed by atoms with Crippen LogP contribution in [0.25, 0.3) is 0 Å². The quantitative estimate of drug-likeness (QED) is 0.865. The molecule has 2 aromatic heterocycles. The summed E-state index contributed by atoms with van der Waals surface area (Å²) in [7, 11) is 2.16. The second-order valence-corrected chi connectivity index (χ2v) is 7.02. The molecule has 4 rings (SSSR count). The first-order valence-electron chi connectivity index (χ1n) is 8.95. The summed E-state index contributed by atoms with van der Waals surface area (Å²) in [5.41, 5.74) is 1.09. The maximum absolute atomic E-state index is 4.84. The summed E-state index contributed by atoms with van der Waals surface area (Å²) in [6.45, 7) is 4.17. The van der Waals surface area contributed by atoms with Crippen molar-refractivity contribution in [1.29, 1.82) is 0 Å². The van der Waals surface area contributed by atoms with Gasteiger partial charge in [0.1, 0.15) is 17.5 Å². The van der Waals surface area contributed by atoms with Gasteiger partial charge in [-0.15, -0.1) is 0 Å². The summed E-state index contributed by atoms with van der Waals surface area (Å²) >= 11 is 0. The van der Waals surface area contributed by atoms with Gasteiger partial charge >= 0.3 is 0 Å². The summed E-state index contributed by atoms with van der Waals surface area (Å²) in [6, 6.07) is 8.78. The van der Waals surface area contributed by atoms with Crippen LogP contribution in [0.2, 0.25) is 0 Å². The number of hydrogen-bond acceptors (Lipinski definition) is 5. The van der Waals surface area contributed by atoms with Gasteiger partial charge in [-0.05, 0) is 44.7 Å². The molecule has 0 spiro atoms. The van der Waals surface area contributed by atoms with Gasteiger partial charge in [-0.1, -0.05) is 6.07 Å². The molecule has 0 amide bonds. The molecule has 24 heavy (non-hydrogen) atoms. The van der Waals surface area contributed by atoms with Crippen molar-refractivity contribution in [2.75, 3.05) is 29.9 Å². The third kappa shape index (κ3) is 3.21.